The van der Waals surface area contributed by atoms with Gasteiger partial charge in [0, 0.05) is 36.1 Å². The van der Waals surface area contributed by atoms with E-state index in [0.717, 1.165) is 6.20 Å². The van der Waals surface area contributed by atoms with E-state index < -0.39 is 23.5 Å². The molecule has 0 saturated carbocycles. The summed E-state index contributed by atoms with van der Waals surface area (Å²) in [6.07, 6.45) is 1.38. The fraction of sp³-hybridized carbons (Fsp3) is 0.278. The van der Waals surface area contributed by atoms with Gasteiger partial charge < -0.3 is 20.9 Å². The summed E-state index contributed by atoms with van der Waals surface area (Å²) in [7, 11) is 0. The maximum atomic E-state index is 13.5. The Bertz CT molecular complexity index is 890. The number of hydrogen-bond acceptors (Lipinski definition) is 6. The van der Waals surface area contributed by atoms with Crippen molar-refractivity contribution in [3.05, 3.63) is 53.7 Å². The Morgan fingerprint density at radius 3 is 2.74 bits per heavy atom. The van der Waals surface area contributed by atoms with Gasteiger partial charge in [-0.1, -0.05) is 0 Å². The first kappa shape index (κ1) is 18.7. The summed E-state index contributed by atoms with van der Waals surface area (Å²) in [5.41, 5.74) is 4.73. The predicted octanol–water partition coefficient (Wildman–Crippen LogP) is 2.04. The summed E-state index contributed by atoms with van der Waals surface area (Å²) >= 11 is 0. The van der Waals surface area contributed by atoms with Crippen molar-refractivity contribution in [2.75, 3.05) is 11.9 Å². The van der Waals surface area contributed by atoms with Gasteiger partial charge >= 0.3 is 0 Å². The lowest BCUT2D eigenvalue weighted by Crippen LogP contribution is -2.34. The molecule has 0 unspecified atom stereocenters. The molecule has 0 bridgehead atoms. The molecule has 4 N–H and O–H groups in total. The van der Waals surface area contributed by atoms with E-state index in [9.17, 15) is 18.7 Å². The van der Waals surface area contributed by atoms with E-state index in [0.29, 0.717) is 12.0 Å². The minimum absolute atomic E-state index is 0.0484. The van der Waals surface area contributed by atoms with Crippen molar-refractivity contribution in [3.8, 4) is 5.75 Å². The molecule has 1 aromatic heterocycles. The van der Waals surface area contributed by atoms with Crippen LogP contribution in [-0.2, 0) is 11.2 Å². The normalized spacial score (nSPS) is 18.9. The molecule has 27 heavy (non-hydrogen) atoms. The number of benzene rings is 1. The number of ether oxygens (including phenoxy) is 1. The van der Waals surface area contributed by atoms with Crippen LogP contribution in [0.3, 0.4) is 0 Å². The summed E-state index contributed by atoms with van der Waals surface area (Å²) in [4.78, 5) is 20.4. The zero-order valence-corrected chi connectivity index (χ0v) is 14.4. The molecule has 3 rings (SSSR count). The molecule has 0 spiro atoms. The monoisotopic (exact) mass is 376 g/mol. The van der Waals surface area contributed by atoms with E-state index in [4.69, 9.17) is 10.5 Å². The predicted molar refractivity (Wildman–Crippen MR) is 94.0 cm³/mol. The van der Waals surface area contributed by atoms with Gasteiger partial charge in [0.2, 0.25) is 0 Å². The number of amides is 1. The summed E-state index contributed by atoms with van der Waals surface area (Å²) in [5, 5.41) is 11.9. The number of halogens is 2. The van der Waals surface area contributed by atoms with Crippen LogP contribution < -0.4 is 15.8 Å². The van der Waals surface area contributed by atoms with Crippen LogP contribution in [0.25, 0.3) is 5.57 Å². The number of aliphatic hydroxyl groups is 1. The summed E-state index contributed by atoms with van der Waals surface area (Å²) < 4.78 is 32.6. The van der Waals surface area contributed by atoms with Crippen LogP contribution in [0.4, 0.5) is 14.5 Å². The lowest BCUT2D eigenvalue weighted by molar-refractivity contribution is -0.111. The Morgan fingerprint density at radius 2 is 2.15 bits per heavy atom. The number of nitrogens with two attached hydrogens (primary N) is 1. The number of rotatable bonds is 5. The standard InChI is InChI=1S/C18H18F2N4O3/c1-18(9-25)7-10-5-13(11(15(19)20)6-14(10)27-18)24-17(26)12(8-21)16-22-3-2-4-23-16/h2-6,8,15,25H,7,9,21H2,1H3,(H,24,26)/b12-8+/t18-/m0/s1. The molecule has 1 amide bonds. The Kier molecular flexibility index (Phi) is 5.04. The fourth-order valence-corrected chi connectivity index (χ4v) is 2.83. The van der Waals surface area contributed by atoms with Gasteiger partial charge in [0.05, 0.1) is 17.9 Å². The average Bonchev–Trinajstić information content (AvgIpc) is 2.98. The number of fused-ring (bicyclic) bond motifs is 1. The maximum absolute atomic E-state index is 13.5. The second-order valence-corrected chi connectivity index (χ2v) is 6.34. The number of carbonyl (C=O) groups is 1. The zero-order chi connectivity index (χ0) is 19.6. The molecular formula is C18H18F2N4O3. The highest BCUT2D eigenvalue weighted by Gasteiger charge is 2.36. The minimum atomic E-state index is -2.84. The first-order valence-corrected chi connectivity index (χ1v) is 8.12. The van der Waals surface area contributed by atoms with Gasteiger partial charge in [0.25, 0.3) is 12.3 Å². The van der Waals surface area contributed by atoms with Crippen LogP contribution in [0.2, 0.25) is 0 Å². The van der Waals surface area contributed by atoms with Crippen LogP contribution in [0.1, 0.15) is 30.3 Å². The number of anilines is 1. The Morgan fingerprint density at radius 1 is 1.44 bits per heavy atom. The zero-order valence-electron chi connectivity index (χ0n) is 14.4. The highest BCUT2D eigenvalue weighted by molar-refractivity contribution is 6.24. The topological polar surface area (TPSA) is 110 Å². The van der Waals surface area contributed by atoms with Crippen LogP contribution in [0, 0.1) is 0 Å². The highest BCUT2D eigenvalue weighted by atomic mass is 19.3. The number of hydrogen-bond donors (Lipinski definition) is 3. The molecular weight excluding hydrogens is 358 g/mol. The number of aliphatic hydroxyl groups excluding tert-OH is 1. The molecule has 9 heteroatoms. The van der Waals surface area contributed by atoms with Crippen molar-refractivity contribution in [1.82, 2.24) is 9.97 Å². The van der Waals surface area contributed by atoms with Crippen molar-refractivity contribution in [3.63, 3.8) is 0 Å². The average molecular weight is 376 g/mol. The van der Waals surface area contributed by atoms with Crippen molar-refractivity contribution >= 4 is 17.2 Å². The smallest absolute Gasteiger partial charge is 0.265 e. The molecule has 0 saturated heterocycles. The fourth-order valence-electron chi connectivity index (χ4n) is 2.83. The second kappa shape index (κ2) is 7.28. The molecule has 0 radical (unpaired) electrons. The molecule has 142 valence electrons. The third kappa shape index (κ3) is 3.72. The van der Waals surface area contributed by atoms with E-state index in [2.05, 4.69) is 15.3 Å². The van der Waals surface area contributed by atoms with E-state index in [1.807, 2.05) is 0 Å². The molecule has 7 nitrogen and oxygen atoms in total. The lowest BCUT2D eigenvalue weighted by atomic mass is 9.98. The molecule has 2 heterocycles. The van der Waals surface area contributed by atoms with Gasteiger partial charge in [0.15, 0.2) is 5.82 Å². The summed E-state index contributed by atoms with van der Waals surface area (Å²) in [5.74, 6) is -0.372. The second-order valence-electron chi connectivity index (χ2n) is 6.34. The maximum Gasteiger partial charge on any atom is 0.265 e. The minimum Gasteiger partial charge on any atom is -0.485 e. The van der Waals surface area contributed by atoms with Gasteiger partial charge in [-0.3, -0.25) is 4.79 Å². The van der Waals surface area contributed by atoms with E-state index in [1.165, 1.54) is 24.5 Å². The van der Waals surface area contributed by atoms with Gasteiger partial charge in [-0.25, -0.2) is 18.7 Å². The summed E-state index contributed by atoms with van der Waals surface area (Å²) in [6, 6.07) is 4.18. The first-order chi connectivity index (χ1) is 12.9. The quantitative estimate of drug-likeness (QED) is 0.689. The van der Waals surface area contributed by atoms with E-state index >= 15 is 0 Å². The SMILES string of the molecule is C[C@@]1(CO)Cc2cc(NC(=O)/C(=C/N)c3ncccn3)c(C(F)F)cc2O1. The van der Waals surface area contributed by atoms with Crippen LogP contribution in [-0.4, -0.2) is 33.2 Å². The lowest BCUT2D eigenvalue weighted by Gasteiger charge is -2.20. The van der Waals surface area contributed by atoms with Gasteiger partial charge in [-0.05, 0) is 25.1 Å². The van der Waals surface area contributed by atoms with Crippen LogP contribution in [0.5, 0.6) is 5.75 Å². The third-order valence-corrected chi connectivity index (χ3v) is 4.19. The number of nitrogens with one attached hydrogen (secondary N) is 1. The molecule has 0 aliphatic carbocycles. The van der Waals surface area contributed by atoms with Gasteiger partial charge in [-0.2, -0.15) is 0 Å². The van der Waals surface area contributed by atoms with E-state index in [1.54, 1.807) is 13.0 Å². The number of alkyl halides is 2. The van der Waals surface area contributed by atoms with E-state index in [-0.39, 0.29) is 29.4 Å². The number of nitrogens with zero attached hydrogens (tertiary/aromatic N) is 2. The molecule has 1 aromatic carbocycles. The largest absolute Gasteiger partial charge is 0.485 e. The van der Waals surface area contributed by atoms with Crippen LogP contribution >= 0.6 is 0 Å². The molecule has 0 fully saturated rings. The Labute approximate surface area is 153 Å². The molecule has 1 aliphatic heterocycles. The van der Waals surface area contributed by atoms with Crippen molar-refractivity contribution in [2.24, 2.45) is 5.73 Å². The van der Waals surface area contributed by atoms with Crippen molar-refractivity contribution in [2.45, 2.75) is 25.4 Å². The van der Waals surface area contributed by atoms with Crippen molar-refractivity contribution in [1.29, 1.82) is 0 Å². The number of aromatic nitrogens is 2. The molecule has 1 aliphatic rings. The van der Waals surface area contributed by atoms with Gasteiger partial charge in [-0.15, -0.1) is 0 Å². The molecule has 1 atom stereocenters. The highest BCUT2D eigenvalue weighted by Crippen LogP contribution is 2.41. The van der Waals surface area contributed by atoms with Crippen molar-refractivity contribution < 1.29 is 23.4 Å². The van der Waals surface area contributed by atoms with Gasteiger partial charge in [0.1, 0.15) is 11.4 Å². The van der Waals surface area contributed by atoms with Crippen LogP contribution in [0.15, 0.2) is 36.8 Å². The summed E-state index contributed by atoms with van der Waals surface area (Å²) in [6.45, 7) is 1.41. The third-order valence-electron chi connectivity index (χ3n) is 4.19. The first-order valence-electron chi connectivity index (χ1n) is 8.12. The molecule has 2 aromatic rings. The Hall–Kier alpha value is -3.07. The number of carbonyl (C=O) groups excluding carboxylic acids is 1. The Balaban J connectivity index is 1.93.